The molecule has 0 aromatic heterocycles. The maximum atomic E-state index is 12.6. The number of primary amides is 1. The topological polar surface area (TPSA) is 146 Å². The summed E-state index contributed by atoms with van der Waals surface area (Å²) in [6, 6.07) is 2.49. The summed E-state index contributed by atoms with van der Waals surface area (Å²) in [5.41, 5.74) is 5.08. The number of imide groups is 1. The monoisotopic (exact) mass is 395 g/mol. The highest BCUT2D eigenvalue weighted by molar-refractivity contribution is 5.99. The van der Waals surface area contributed by atoms with Crippen molar-refractivity contribution in [2.24, 2.45) is 11.7 Å². The fraction of sp³-hybridized carbons (Fsp3) is 0.444. The second-order valence-electron chi connectivity index (χ2n) is 6.23. The average Bonchev–Trinajstić information content (AvgIpc) is 2.64. The van der Waals surface area contributed by atoms with Crippen molar-refractivity contribution in [3.05, 3.63) is 23.8 Å². The second-order valence-corrected chi connectivity index (χ2v) is 6.23. The van der Waals surface area contributed by atoms with Crippen LogP contribution in [0.1, 0.15) is 31.1 Å². The van der Waals surface area contributed by atoms with Crippen molar-refractivity contribution in [3.8, 4) is 11.5 Å². The van der Waals surface area contributed by atoms with Crippen LogP contribution >= 0.6 is 0 Å². The summed E-state index contributed by atoms with van der Waals surface area (Å²) in [4.78, 5) is 47.4. The largest absolute Gasteiger partial charge is 0.497 e. The van der Waals surface area contributed by atoms with Crippen LogP contribution in [0.4, 0.5) is 4.79 Å². The first-order valence-electron chi connectivity index (χ1n) is 8.43. The zero-order valence-electron chi connectivity index (χ0n) is 16.4. The Kier molecular flexibility index (Phi) is 8.24. The van der Waals surface area contributed by atoms with Gasteiger partial charge in [-0.2, -0.15) is 0 Å². The number of nitrogens with two attached hydrogens (primary N) is 1. The van der Waals surface area contributed by atoms with Gasteiger partial charge in [-0.05, 0) is 25.0 Å². The zero-order valence-corrected chi connectivity index (χ0v) is 16.4. The molecule has 0 saturated heterocycles. The molecule has 28 heavy (non-hydrogen) atoms. The van der Waals surface area contributed by atoms with E-state index in [4.69, 9.17) is 19.9 Å². The first kappa shape index (κ1) is 22.7. The molecule has 1 rings (SSSR count). The number of amides is 4. The maximum Gasteiger partial charge on any atom is 0.329 e. The fourth-order valence-electron chi connectivity index (χ4n) is 2.18. The van der Waals surface area contributed by atoms with E-state index in [-0.39, 0.29) is 11.5 Å². The number of carbonyl (C=O) groups excluding carboxylic acids is 4. The van der Waals surface area contributed by atoms with Crippen LogP contribution in [0.2, 0.25) is 0 Å². The van der Waals surface area contributed by atoms with E-state index in [0.717, 1.165) is 0 Å². The van der Waals surface area contributed by atoms with Crippen LogP contribution in [-0.2, 0) is 14.3 Å². The van der Waals surface area contributed by atoms with E-state index in [1.807, 2.05) is 5.32 Å². The Bertz CT molecular complexity index is 726. The van der Waals surface area contributed by atoms with Crippen molar-refractivity contribution < 1.29 is 33.4 Å². The lowest BCUT2D eigenvalue weighted by molar-refractivity contribution is -0.157. The Hall–Kier alpha value is -3.30. The van der Waals surface area contributed by atoms with Gasteiger partial charge >= 0.3 is 12.0 Å². The smallest absolute Gasteiger partial charge is 0.329 e. The summed E-state index contributed by atoms with van der Waals surface area (Å²) >= 11 is 0. The highest BCUT2D eigenvalue weighted by Crippen LogP contribution is 2.22. The third kappa shape index (κ3) is 6.45. The number of ether oxygens (including phenoxy) is 3. The van der Waals surface area contributed by atoms with E-state index in [0.29, 0.717) is 11.5 Å². The molecule has 0 bridgehead atoms. The van der Waals surface area contributed by atoms with E-state index in [1.165, 1.54) is 33.3 Å². The highest BCUT2D eigenvalue weighted by Gasteiger charge is 2.29. The number of hydrogen-bond donors (Lipinski definition) is 3. The molecule has 1 aromatic rings. The summed E-state index contributed by atoms with van der Waals surface area (Å²) in [6.07, 6.45) is -1.27. The van der Waals surface area contributed by atoms with Crippen molar-refractivity contribution >= 4 is 23.8 Å². The molecule has 1 aromatic carbocycles. The molecule has 0 fully saturated rings. The van der Waals surface area contributed by atoms with Gasteiger partial charge in [-0.1, -0.05) is 13.8 Å². The minimum absolute atomic E-state index is 0.217. The van der Waals surface area contributed by atoms with E-state index >= 15 is 0 Å². The van der Waals surface area contributed by atoms with Crippen LogP contribution in [0.15, 0.2) is 18.2 Å². The van der Waals surface area contributed by atoms with Crippen molar-refractivity contribution in [3.63, 3.8) is 0 Å². The summed E-state index contributed by atoms with van der Waals surface area (Å²) in [5, 5.41) is 4.39. The normalized spacial score (nSPS) is 12.5. The Labute approximate surface area is 162 Å². The number of carbonyl (C=O) groups is 4. The number of esters is 1. The van der Waals surface area contributed by atoms with Crippen LogP contribution in [0.25, 0.3) is 0 Å². The van der Waals surface area contributed by atoms with Crippen molar-refractivity contribution in [1.29, 1.82) is 0 Å². The van der Waals surface area contributed by atoms with Crippen molar-refractivity contribution in [2.45, 2.75) is 32.9 Å². The van der Waals surface area contributed by atoms with Crippen LogP contribution in [-0.4, -0.2) is 50.2 Å². The predicted molar refractivity (Wildman–Crippen MR) is 98.9 cm³/mol. The van der Waals surface area contributed by atoms with Gasteiger partial charge < -0.3 is 25.3 Å². The Morgan fingerprint density at radius 1 is 0.964 bits per heavy atom. The molecule has 10 heteroatoms. The van der Waals surface area contributed by atoms with E-state index in [9.17, 15) is 19.2 Å². The lowest BCUT2D eigenvalue weighted by Crippen LogP contribution is -2.48. The molecule has 0 aliphatic rings. The average molecular weight is 395 g/mol. The Morgan fingerprint density at radius 3 is 1.93 bits per heavy atom. The van der Waals surface area contributed by atoms with Gasteiger partial charge in [-0.25, -0.2) is 9.59 Å². The molecule has 0 saturated carbocycles. The standard InChI is InChI=1S/C18H25N3O7/c1-9(2)14(17(24)28-10(3)15(22)21-18(19)25)20-16(23)11-6-12(26-4)8-13(7-11)27-5/h6-10,14H,1-5H3,(H,20,23)(H3,19,21,22,25)/t10?,14-/m0/s1. The molecule has 0 heterocycles. The molecule has 2 atom stereocenters. The lowest BCUT2D eigenvalue weighted by Gasteiger charge is -2.23. The second kappa shape index (κ2) is 10.1. The van der Waals surface area contributed by atoms with Gasteiger partial charge in [0.1, 0.15) is 17.5 Å². The number of rotatable bonds is 8. The molecule has 1 unspecified atom stereocenters. The van der Waals surface area contributed by atoms with Crippen LogP contribution in [0.5, 0.6) is 11.5 Å². The zero-order chi connectivity index (χ0) is 21.4. The summed E-state index contributed by atoms with van der Waals surface area (Å²) in [5.74, 6) is -1.77. The number of benzene rings is 1. The molecule has 4 amide bonds. The van der Waals surface area contributed by atoms with Crippen LogP contribution in [0, 0.1) is 5.92 Å². The molecule has 0 aliphatic heterocycles. The highest BCUT2D eigenvalue weighted by atomic mass is 16.5. The third-order valence-electron chi connectivity index (χ3n) is 3.73. The van der Waals surface area contributed by atoms with Gasteiger partial charge in [0.25, 0.3) is 11.8 Å². The van der Waals surface area contributed by atoms with Gasteiger partial charge in [-0.3, -0.25) is 14.9 Å². The van der Waals surface area contributed by atoms with E-state index in [2.05, 4.69) is 5.32 Å². The molecular formula is C18H25N3O7. The molecular weight excluding hydrogens is 370 g/mol. The van der Waals surface area contributed by atoms with Crippen molar-refractivity contribution in [1.82, 2.24) is 10.6 Å². The number of methoxy groups -OCH3 is 2. The SMILES string of the molecule is COc1cc(OC)cc(C(=O)N[C@H](C(=O)OC(C)C(=O)NC(N)=O)C(C)C)c1. The fourth-order valence-corrected chi connectivity index (χ4v) is 2.18. The van der Waals surface area contributed by atoms with Crippen LogP contribution < -0.4 is 25.8 Å². The van der Waals surface area contributed by atoms with Crippen molar-refractivity contribution in [2.75, 3.05) is 14.2 Å². The number of urea groups is 1. The molecule has 0 spiro atoms. The van der Waals surface area contributed by atoms with Gasteiger partial charge in [0.15, 0.2) is 6.10 Å². The van der Waals surface area contributed by atoms with Crippen LogP contribution in [0.3, 0.4) is 0 Å². The molecule has 0 radical (unpaired) electrons. The third-order valence-corrected chi connectivity index (χ3v) is 3.73. The molecule has 10 nitrogen and oxygen atoms in total. The molecule has 154 valence electrons. The van der Waals surface area contributed by atoms with E-state index in [1.54, 1.807) is 19.9 Å². The maximum absolute atomic E-state index is 12.6. The van der Waals surface area contributed by atoms with Gasteiger partial charge in [-0.15, -0.1) is 0 Å². The summed E-state index contributed by atoms with van der Waals surface area (Å²) in [7, 11) is 2.90. The predicted octanol–water partition coefficient (Wildman–Crippen LogP) is 0.585. The molecule has 4 N–H and O–H groups in total. The quantitative estimate of drug-likeness (QED) is 0.546. The number of nitrogens with one attached hydrogen (secondary N) is 2. The lowest BCUT2D eigenvalue weighted by atomic mass is 10.0. The number of hydrogen-bond acceptors (Lipinski definition) is 7. The summed E-state index contributed by atoms with van der Waals surface area (Å²) in [6.45, 7) is 4.68. The van der Waals surface area contributed by atoms with Gasteiger partial charge in [0.2, 0.25) is 0 Å². The minimum Gasteiger partial charge on any atom is -0.497 e. The van der Waals surface area contributed by atoms with E-state index < -0.39 is 36.0 Å². The molecule has 0 aliphatic carbocycles. The van der Waals surface area contributed by atoms with Gasteiger partial charge in [0, 0.05) is 11.6 Å². The minimum atomic E-state index is -1.27. The van der Waals surface area contributed by atoms with Gasteiger partial charge in [0.05, 0.1) is 14.2 Å². The summed E-state index contributed by atoms with van der Waals surface area (Å²) < 4.78 is 15.3. The first-order valence-corrected chi connectivity index (χ1v) is 8.43. The first-order chi connectivity index (χ1) is 13.1. The Morgan fingerprint density at radius 2 is 1.50 bits per heavy atom. The Balaban J connectivity index is 2.92.